The van der Waals surface area contributed by atoms with Crippen LogP contribution in [0.25, 0.3) is 10.6 Å². The van der Waals surface area contributed by atoms with Gasteiger partial charge in [-0.25, -0.2) is 5.84 Å². The van der Waals surface area contributed by atoms with Gasteiger partial charge in [0, 0.05) is 10.6 Å². The molecule has 0 spiro atoms. The van der Waals surface area contributed by atoms with E-state index in [-0.39, 0.29) is 12.4 Å². The first-order chi connectivity index (χ1) is 6.79. The Labute approximate surface area is 102 Å². The Balaban J connectivity index is 0.00000112. The van der Waals surface area contributed by atoms with Crippen LogP contribution in [0.4, 0.5) is 5.13 Å². The van der Waals surface area contributed by atoms with Gasteiger partial charge in [-0.2, -0.15) is 0 Å². The van der Waals surface area contributed by atoms with Gasteiger partial charge >= 0.3 is 0 Å². The van der Waals surface area contributed by atoms with Gasteiger partial charge in [-0.05, 0) is 12.1 Å². The van der Waals surface area contributed by atoms with Gasteiger partial charge in [0.2, 0.25) is 5.13 Å². The average molecular weight is 263 g/mol. The monoisotopic (exact) mass is 262 g/mol. The van der Waals surface area contributed by atoms with Gasteiger partial charge in [0.05, 0.1) is 0 Å². The number of anilines is 1. The molecule has 3 N–H and O–H groups in total. The largest absolute Gasteiger partial charge is 0.298 e. The number of halogens is 2. The van der Waals surface area contributed by atoms with E-state index in [1.54, 1.807) is 0 Å². The smallest absolute Gasteiger partial charge is 0.220 e. The van der Waals surface area contributed by atoms with Crippen molar-refractivity contribution < 1.29 is 0 Å². The number of hydrogen-bond acceptors (Lipinski definition) is 5. The highest BCUT2D eigenvalue weighted by molar-refractivity contribution is 7.18. The zero-order valence-electron chi connectivity index (χ0n) is 7.48. The van der Waals surface area contributed by atoms with E-state index in [9.17, 15) is 0 Å². The summed E-state index contributed by atoms with van der Waals surface area (Å²) < 4.78 is 0. The van der Waals surface area contributed by atoms with Crippen LogP contribution in [-0.4, -0.2) is 10.2 Å². The fourth-order valence-electron chi connectivity index (χ4n) is 1.02. The summed E-state index contributed by atoms with van der Waals surface area (Å²) in [5.74, 6) is 5.20. The van der Waals surface area contributed by atoms with Crippen LogP contribution >= 0.6 is 35.3 Å². The summed E-state index contributed by atoms with van der Waals surface area (Å²) >= 11 is 7.23. The molecule has 15 heavy (non-hydrogen) atoms. The van der Waals surface area contributed by atoms with Crippen molar-refractivity contribution in [3.8, 4) is 10.6 Å². The molecule has 2 aromatic rings. The maximum atomic E-state index is 5.85. The fourth-order valence-corrected chi connectivity index (χ4v) is 1.86. The quantitative estimate of drug-likeness (QED) is 0.645. The molecule has 0 fully saturated rings. The molecule has 80 valence electrons. The van der Waals surface area contributed by atoms with Crippen LogP contribution in [0.5, 0.6) is 0 Å². The summed E-state index contributed by atoms with van der Waals surface area (Å²) in [6, 6.07) is 7.44. The molecule has 0 aliphatic carbocycles. The Bertz CT molecular complexity index is 446. The summed E-state index contributed by atoms with van der Waals surface area (Å²) in [5.41, 5.74) is 3.38. The SMILES string of the molecule is Cl.NNc1nnc(-c2cccc(Cl)c2)s1. The number of aromatic nitrogens is 2. The predicted molar refractivity (Wildman–Crippen MR) is 65.4 cm³/mol. The van der Waals surface area contributed by atoms with Crippen molar-refractivity contribution in [3.05, 3.63) is 29.3 Å². The number of hydrazine groups is 1. The number of nitrogens with zero attached hydrogens (tertiary/aromatic N) is 2. The van der Waals surface area contributed by atoms with E-state index in [2.05, 4.69) is 15.6 Å². The maximum absolute atomic E-state index is 5.85. The second-order valence-electron chi connectivity index (χ2n) is 2.57. The van der Waals surface area contributed by atoms with E-state index in [1.165, 1.54) is 11.3 Å². The highest BCUT2D eigenvalue weighted by atomic mass is 35.5. The third-order valence-electron chi connectivity index (χ3n) is 1.62. The van der Waals surface area contributed by atoms with Crippen molar-refractivity contribution in [3.63, 3.8) is 0 Å². The molecule has 0 radical (unpaired) electrons. The molecule has 7 heteroatoms. The van der Waals surface area contributed by atoms with Crippen LogP contribution < -0.4 is 11.3 Å². The number of nitrogen functional groups attached to an aromatic ring is 1. The minimum Gasteiger partial charge on any atom is -0.298 e. The van der Waals surface area contributed by atoms with Crippen LogP contribution in [0.1, 0.15) is 0 Å². The highest BCUT2D eigenvalue weighted by Gasteiger charge is 2.05. The Morgan fingerprint density at radius 3 is 2.73 bits per heavy atom. The molecule has 0 aliphatic heterocycles. The van der Waals surface area contributed by atoms with Crippen LogP contribution in [-0.2, 0) is 0 Å². The summed E-state index contributed by atoms with van der Waals surface area (Å²) in [7, 11) is 0. The second kappa shape index (κ2) is 5.27. The molecule has 0 saturated heterocycles. The minimum atomic E-state index is 0. The van der Waals surface area contributed by atoms with Gasteiger partial charge in [-0.15, -0.1) is 22.6 Å². The molecular weight excluding hydrogens is 255 g/mol. The highest BCUT2D eigenvalue weighted by Crippen LogP contribution is 2.27. The standard InChI is InChI=1S/C8H7ClN4S.ClH/c9-6-3-1-2-5(4-6)7-12-13-8(11-10)14-7;/h1-4H,10H2,(H,11,13);1H. The zero-order valence-corrected chi connectivity index (χ0v) is 9.86. The number of nitrogens with one attached hydrogen (secondary N) is 1. The second-order valence-corrected chi connectivity index (χ2v) is 3.98. The molecule has 4 nitrogen and oxygen atoms in total. The number of nitrogens with two attached hydrogens (primary N) is 1. The van der Waals surface area contributed by atoms with Gasteiger partial charge in [-0.1, -0.05) is 35.1 Å². The summed E-state index contributed by atoms with van der Waals surface area (Å²) in [5, 5.41) is 9.85. The minimum absolute atomic E-state index is 0. The van der Waals surface area contributed by atoms with Crippen LogP contribution in [0.3, 0.4) is 0 Å². The molecular formula is C8H8Cl2N4S. The zero-order chi connectivity index (χ0) is 9.97. The Hall–Kier alpha value is -0.880. The van der Waals surface area contributed by atoms with E-state index >= 15 is 0 Å². The molecule has 2 rings (SSSR count). The van der Waals surface area contributed by atoms with E-state index in [4.69, 9.17) is 17.4 Å². The lowest BCUT2D eigenvalue weighted by molar-refractivity contribution is 1.08. The van der Waals surface area contributed by atoms with Gasteiger partial charge in [0.25, 0.3) is 0 Å². The van der Waals surface area contributed by atoms with Crippen LogP contribution in [0.15, 0.2) is 24.3 Å². The first kappa shape index (κ1) is 12.2. The normalized spacial score (nSPS) is 9.47. The lowest BCUT2D eigenvalue weighted by Crippen LogP contribution is -2.05. The average Bonchev–Trinajstić information content (AvgIpc) is 2.66. The van der Waals surface area contributed by atoms with Crippen LogP contribution in [0.2, 0.25) is 5.02 Å². The molecule has 0 unspecified atom stereocenters. The number of hydrogen-bond donors (Lipinski definition) is 2. The van der Waals surface area contributed by atoms with E-state index < -0.39 is 0 Å². The van der Waals surface area contributed by atoms with Gasteiger partial charge in [0.1, 0.15) is 5.01 Å². The molecule has 1 heterocycles. The Morgan fingerprint density at radius 1 is 1.33 bits per heavy atom. The summed E-state index contributed by atoms with van der Waals surface area (Å²) in [6.45, 7) is 0. The summed E-state index contributed by atoms with van der Waals surface area (Å²) in [6.07, 6.45) is 0. The number of rotatable bonds is 2. The third-order valence-corrected chi connectivity index (χ3v) is 2.76. The molecule has 1 aromatic carbocycles. The van der Waals surface area contributed by atoms with E-state index in [0.717, 1.165) is 10.6 Å². The van der Waals surface area contributed by atoms with Gasteiger partial charge in [0.15, 0.2) is 0 Å². The number of benzene rings is 1. The first-order valence-corrected chi connectivity index (χ1v) is 5.05. The van der Waals surface area contributed by atoms with Crippen molar-refractivity contribution in [2.75, 3.05) is 5.43 Å². The first-order valence-electron chi connectivity index (χ1n) is 3.85. The van der Waals surface area contributed by atoms with E-state index in [0.29, 0.717) is 10.2 Å². The van der Waals surface area contributed by atoms with E-state index in [1.807, 2.05) is 24.3 Å². The summed E-state index contributed by atoms with van der Waals surface area (Å²) in [4.78, 5) is 0. The predicted octanol–water partition coefficient (Wildman–Crippen LogP) is 2.57. The topological polar surface area (TPSA) is 63.8 Å². The molecule has 0 aliphatic rings. The molecule has 0 saturated carbocycles. The van der Waals surface area contributed by atoms with Gasteiger partial charge in [-0.3, -0.25) is 5.43 Å². The van der Waals surface area contributed by atoms with Crippen molar-refractivity contribution in [1.29, 1.82) is 0 Å². The lowest BCUT2D eigenvalue weighted by atomic mass is 10.2. The molecule has 0 amide bonds. The maximum Gasteiger partial charge on any atom is 0.220 e. The van der Waals surface area contributed by atoms with Crippen molar-refractivity contribution in [2.24, 2.45) is 5.84 Å². The molecule has 0 bridgehead atoms. The van der Waals surface area contributed by atoms with Crippen molar-refractivity contribution in [2.45, 2.75) is 0 Å². The van der Waals surface area contributed by atoms with Gasteiger partial charge < -0.3 is 0 Å². The third kappa shape index (κ3) is 2.79. The van der Waals surface area contributed by atoms with Crippen molar-refractivity contribution >= 4 is 40.5 Å². The fraction of sp³-hybridized carbons (Fsp3) is 0. The van der Waals surface area contributed by atoms with Crippen LogP contribution in [0, 0.1) is 0 Å². The molecule has 1 aromatic heterocycles. The Morgan fingerprint density at radius 2 is 2.13 bits per heavy atom. The van der Waals surface area contributed by atoms with Crippen molar-refractivity contribution in [1.82, 2.24) is 10.2 Å². The lowest BCUT2D eigenvalue weighted by Gasteiger charge is -1.94. The molecule has 0 atom stereocenters. The Kier molecular flexibility index (Phi) is 4.28.